The fraction of sp³-hybridized carbons (Fsp3) is 0.0714. The molecule has 0 radical (unpaired) electrons. The van der Waals surface area contributed by atoms with Crippen LogP contribution in [-0.4, -0.2) is 26.8 Å². The number of ketones is 1. The zero-order chi connectivity index (χ0) is 15.4. The molecule has 1 aromatic heterocycles. The fourth-order valence-corrected chi connectivity index (χ4v) is 1.81. The second kappa shape index (κ2) is 5.91. The molecular formula is C14H10N2O5. The maximum Gasteiger partial charge on any atom is 0.372 e. The number of nitro groups is 1. The first-order valence-electron chi connectivity index (χ1n) is 5.94. The van der Waals surface area contributed by atoms with Crippen LogP contribution in [0, 0.1) is 10.1 Å². The van der Waals surface area contributed by atoms with Crippen molar-refractivity contribution < 1.29 is 19.6 Å². The van der Waals surface area contributed by atoms with E-state index in [1.165, 1.54) is 6.07 Å². The van der Waals surface area contributed by atoms with Crippen LogP contribution in [0.5, 0.6) is 0 Å². The minimum atomic E-state index is -1.62. The highest BCUT2D eigenvalue weighted by atomic mass is 16.6. The minimum Gasteiger partial charge on any atom is -0.475 e. The molecule has 0 saturated carbocycles. The van der Waals surface area contributed by atoms with Crippen molar-refractivity contribution in [3.63, 3.8) is 0 Å². The molecule has 7 heteroatoms. The van der Waals surface area contributed by atoms with E-state index in [9.17, 15) is 19.7 Å². The molecule has 0 atom stereocenters. The zero-order valence-corrected chi connectivity index (χ0v) is 10.7. The summed E-state index contributed by atoms with van der Waals surface area (Å²) in [4.78, 5) is 36.1. The number of hydrogen-bond acceptors (Lipinski definition) is 5. The summed E-state index contributed by atoms with van der Waals surface area (Å²) in [6.45, 7) is 0. The van der Waals surface area contributed by atoms with Crippen molar-refractivity contribution in [1.82, 2.24) is 4.98 Å². The van der Waals surface area contributed by atoms with Crippen molar-refractivity contribution in [2.45, 2.75) is 6.42 Å². The number of carboxylic acid groups (broad SMARTS) is 1. The zero-order valence-electron chi connectivity index (χ0n) is 10.7. The summed E-state index contributed by atoms with van der Waals surface area (Å²) >= 11 is 0. The maximum absolute atomic E-state index is 11.3. The normalized spacial score (nSPS) is 10.1. The maximum atomic E-state index is 11.3. The van der Waals surface area contributed by atoms with E-state index >= 15 is 0 Å². The van der Waals surface area contributed by atoms with Gasteiger partial charge in [-0.05, 0) is 6.07 Å². The molecule has 2 aromatic rings. The van der Waals surface area contributed by atoms with Gasteiger partial charge in [0.2, 0.25) is 5.78 Å². The average Bonchev–Trinajstić information content (AvgIpc) is 2.47. The van der Waals surface area contributed by atoms with Crippen LogP contribution in [-0.2, 0) is 16.0 Å². The van der Waals surface area contributed by atoms with Crippen molar-refractivity contribution in [2.24, 2.45) is 0 Å². The van der Waals surface area contributed by atoms with E-state index < -0.39 is 23.1 Å². The quantitative estimate of drug-likeness (QED) is 0.510. The number of hydrogen-bond donors (Lipinski definition) is 1. The number of carboxylic acids is 1. The minimum absolute atomic E-state index is 0.0289. The Labute approximate surface area is 119 Å². The highest BCUT2D eigenvalue weighted by Crippen LogP contribution is 2.24. The first-order valence-corrected chi connectivity index (χ1v) is 5.94. The third-order valence-electron chi connectivity index (χ3n) is 2.82. The Bertz CT molecular complexity index is 713. The first-order chi connectivity index (χ1) is 9.99. The van der Waals surface area contributed by atoms with Crippen LogP contribution in [0.3, 0.4) is 0 Å². The molecule has 0 bridgehead atoms. The third-order valence-corrected chi connectivity index (χ3v) is 2.82. The second-order valence-corrected chi connectivity index (χ2v) is 4.23. The Hall–Kier alpha value is -3.09. The van der Waals surface area contributed by atoms with Crippen molar-refractivity contribution in [2.75, 3.05) is 0 Å². The lowest BCUT2D eigenvalue weighted by molar-refractivity contribution is -0.385. The SMILES string of the molecule is O=C(O)C(=O)Cc1cc(-c2ccccc2)ncc1[N+](=O)[O-]. The molecule has 0 aliphatic carbocycles. The molecule has 21 heavy (non-hydrogen) atoms. The molecule has 0 saturated heterocycles. The smallest absolute Gasteiger partial charge is 0.372 e. The summed E-state index contributed by atoms with van der Waals surface area (Å²) in [6, 6.07) is 10.3. The van der Waals surface area contributed by atoms with Gasteiger partial charge in [-0.1, -0.05) is 30.3 Å². The number of rotatable bonds is 5. The Kier molecular flexibility index (Phi) is 4.03. The number of Topliss-reactive ketones (excluding diaryl/α,β-unsaturated/α-hetero) is 1. The summed E-state index contributed by atoms with van der Waals surface area (Å²) in [5.41, 5.74) is 0.816. The van der Waals surface area contributed by atoms with E-state index in [0.29, 0.717) is 5.69 Å². The van der Waals surface area contributed by atoms with Gasteiger partial charge in [-0.2, -0.15) is 0 Å². The van der Waals surface area contributed by atoms with Gasteiger partial charge in [0, 0.05) is 17.5 Å². The number of pyridine rings is 1. The standard InChI is InChI=1S/C14H10N2O5/c17-13(14(18)19)7-10-6-11(9-4-2-1-3-5-9)15-8-12(10)16(20)21/h1-6,8H,7H2,(H,18,19). The van der Waals surface area contributed by atoms with Crippen LogP contribution in [0.4, 0.5) is 5.69 Å². The van der Waals surface area contributed by atoms with Gasteiger partial charge in [-0.25, -0.2) is 9.78 Å². The van der Waals surface area contributed by atoms with E-state index in [-0.39, 0.29) is 11.3 Å². The first kappa shape index (κ1) is 14.3. The molecule has 1 aromatic carbocycles. The molecule has 7 nitrogen and oxygen atoms in total. The number of nitrogens with zero attached hydrogens (tertiary/aromatic N) is 2. The molecule has 106 valence electrons. The second-order valence-electron chi connectivity index (χ2n) is 4.23. The van der Waals surface area contributed by atoms with Crippen LogP contribution in [0.15, 0.2) is 42.6 Å². The molecule has 0 spiro atoms. The van der Waals surface area contributed by atoms with Gasteiger partial charge in [0.25, 0.3) is 5.69 Å². The number of benzene rings is 1. The predicted molar refractivity (Wildman–Crippen MR) is 72.7 cm³/mol. The van der Waals surface area contributed by atoms with E-state index in [2.05, 4.69) is 4.98 Å². The van der Waals surface area contributed by atoms with E-state index in [0.717, 1.165) is 11.8 Å². The van der Waals surface area contributed by atoms with E-state index in [1.807, 2.05) is 6.07 Å². The van der Waals surface area contributed by atoms with Gasteiger partial charge in [-0.15, -0.1) is 0 Å². The third kappa shape index (κ3) is 3.27. The average molecular weight is 286 g/mol. The van der Waals surface area contributed by atoms with Crippen molar-refractivity contribution in [3.8, 4) is 11.3 Å². The van der Waals surface area contributed by atoms with Gasteiger partial charge in [0.15, 0.2) is 0 Å². The van der Waals surface area contributed by atoms with Crippen molar-refractivity contribution in [1.29, 1.82) is 0 Å². The lowest BCUT2D eigenvalue weighted by Crippen LogP contribution is -2.16. The van der Waals surface area contributed by atoms with Gasteiger partial charge >= 0.3 is 5.97 Å². The Balaban J connectivity index is 2.46. The van der Waals surface area contributed by atoms with Crippen molar-refractivity contribution in [3.05, 3.63) is 58.3 Å². The molecule has 0 aliphatic rings. The monoisotopic (exact) mass is 286 g/mol. The fourth-order valence-electron chi connectivity index (χ4n) is 1.81. The summed E-state index contributed by atoms with van der Waals surface area (Å²) < 4.78 is 0. The summed E-state index contributed by atoms with van der Waals surface area (Å²) in [5, 5.41) is 19.6. The van der Waals surface area contributed by atoms with E-state index in [1.54, 1.807) is 24.3 Å². The highest BCUT2D eigenvalue weighted by Gasteiger charge is 2.21. The van der Waals surface area contributed by atoms with Gasteiger partial charge in [0.1, 0.15) is 6.20 Å². The molecular weight excluding hydrogens is 276 g/mol. The Morgan fingerprint density at radius 3 is 2.48 bits per heavy atom. The highest BCUT2D eigenvalue weighted by molar-refractivity contribution is 6.33. The Morgan fingerprint density at radius 1 is 1.24 bits per heavy atom. The molecule has 0 fully saturated rings. The molecule has 0 amide bonds. The summed E-state index contributed by atoms with van der Waals surface area (Å²) in [7, 11) is 0. The summed E-state index contributed by atoms with van der Waals surface area (Å²) in [6.07, 6.45) is 0.487. The predicted octanol–water partition coefficient (Wildman–Crippen LogP) is 1.85. The van der Waals surface area contributed by atoms with Crippen LogP contribution >= 0.6 is 0 Å². The van der Waals surface area contributed by atoms with Crippen LogP contribution in [0.2, 0.25) is 0 Å². The number of carbonyl (C=O) groups excluding carboxylic acids is 1. The topological polar surface area (TPSA) is 110 Å². The van der Waals surface area contributed by atoms with E-state index in [4.69, 9.17) is 5.11 Å². The van der Waals surface area contributed by atoms with Crippen LogP contribution in [0.1, 0.15) is 5.56 Å². The molecule has 1 N–H and O–H groups in total. The molecule has 2 rings (SSSR count). The largest absolute Gasteiger partial charge is 0.475 e. The lowest BCUT2D eigenvalue weighted by atomic mass is 10.0. The number of carbonyl (C=O) groups is 2. The Morgan fingerprint density at radius 2 is 1.90 bits per heavy atom. The van der Waals surface area contributed by atoms with Crippen LogP contribution in [0.25, 0.3) is 11.3 Å². The number of aromatic nitrogens is 1. The summed E-state index contributed by atoms with van der Waals surface area (Å²) in [5.74, 6) is -2.73. The van der Waals surface area contributed by atoms with Gasteiger partial charge < -0.3 is 5.11 Å². The lowest BCUT2D eigenvalue weighted by Gasteiger charge is -2.04. The molecule has 1 heterocycles. The van der Waals surface area contributed by atoms with Gasteiger partial charge in [-0.3, -0.25) is 14.9 Å². The number of aliphatic carboxylic acids is 1. The van der Waals surface area contributed by atoms with Crippen molar-refractivity contribution >= 4 is 17.4 Å². The van der Waals surface area contributed by atoms with Crippen LogP contribution < -0.4 is 0 Å². The van der Waals surface area contributed by atoms with Gasteiger partial charge in [0.05, 0.1) is 10.6 Å². The molecule has 0 unspecified atom stereocenters. The molecule has 0 aliphatic heterocycles.